The van der Waals surface area contributed by atoms with Crippen LogP contribution in [0.5, 0.6) is 0 Å². The lowest BCUT2D eigenvalue weighted by Crippen LogP contribution is -2.48. The molecule has 2 heterocycles. The number of piperazine rings is 1. The molecule has 1 N–H and O–H groups in total. The summed E-state index contributed by atoms with van der Waals surface area (Å²) in [6, 6.07) is 2.55. The largest absolute Gasteiger partial charge is 0.345 e. The number of hydrogen-bond acceptors (Lipinski definition) is 3. The quantitative estimate of drug-likeness (QED) is 0.864. The second kappa shape index (κ2) is 6.90. The molecule has 0 aromatic carbocycles. The van der Waals surface area contributed by atoms with Crippen molar-refractivity contribution in [2.45, 2.75) is 33.0 Å². The Bertz CT molecular complexity index is 433. The van der Waals surface area contributed by atoms with Crippen LogP contribution >= 0.6 is 0 Å². The summed E-state index contributed by atoms with van der Waals surface area (Å²) in [7, 11) is 2.10. The van der Waals surface area contributed by atoms with E-state index in [-0.39, 0.29) is 5.91 Å². The number of nitrogens with zero attached hydrogens (tertiary/aromatic N) is 3. The molecule has 1 aromatic rings. The standard InChI is InChI=1S/C15H26N4O/c1-13(2)16-10-14-4-5-18(11-14)12-15(20)19-8-6-17(3)7-9-19/h4-5,11,13,16H,6-10,12H2,1-3H3. The number of carbonyl (C=O) groups is 1. The Morgan fingerprint density at radius 2 is 2.00 bits per heavy atom. The van der Waals surface area contributed by atoms with Crippen LogP contribution in [0, 0.1) is 0 Å². The van der Waals surface area contributed by atoms with Gasteiger partial charge in [0.2, 0.25) is 5.91 Å². The summed E-state index contributed by atoms with van der Waals surface area (Å²) in [6.07, 6.45) is 4.05. The Morgan fingerprint density at radius 1 is 1.30 bits per heavy atom. The SMILES string of the molecule is CC(C)NCc1ccn(CC(=O)N2CCN(C)CC2)c1. The zero-order valence-electron chi connectivity index (χ0n) is 12.8. The lowest BCUT2D eigenvalue weighted by Gasteiger charge is -2.32. The third-order valence-electron chi connectivity index (χ3n) is 3.70. The minimum atomic E-state index is 0.220. The van der Waals surface area contributed by atoms with Crippen LogP contribution in [0.4, 0.5) is 0 Å². The van der Waals surface area contributed by atoms with Gasteiger partial charge in [0.05, 0.1) is 0 Å². The predicted molar refractivity (Wildman–Crippen MR) is 80.5 cm³/mol. The predicted octanol–water partition coefficient (Wildman–Crippen LogP) is 0.760. The first kappa shape index (κ1) is 15.1. The Balaban J connectivity index is 1.82. The van der Waals surface area contributed by atoms with Gasteiger partial charge in [0.1, 0.15) is 6.54 Å². The van der Waals surface area contributed by atoms with E-state index in [9.17, 15) is 4.79 Å². The lowest BCUT2D eigenvalue weighted by atomic mass is 10.3. The molecule has 1 fully saturated rings. The maximum absolute atomic E-state index is 12.2. The van der Waals surface area contributed by atoms with E-state index in [1.165, 1.54) is 5.56 Å². The minimum absolute atomic E-state index is 0.220. The van der Waals surface area contributed by atoms with Crippen LogP contribution in [0.3, 0.4) is 0 Å². The zero-order valence-corrected chi connectivity index (χ0v) is 12.8. The van der Waals surface area contributed by atoms with Gasteiger partial charge in [-0.15, -0.1) is 0 Å². The molecule has 1 aliphatic rings. The van der Waals surface area contributed by atoms with Crippen LogP contribution in [0.25, 0.3) is 0 Å². The number of carbonyl (C=O) groups excluding carboxylic acids is 1. The summed E-state index contributed by atoms with van der Waals surface area (Å²) in [5, 5.41) is 3.38. The summed E-state index contributed by atoms with van der Waals surface area (Å²) in [4.78, 5) is 16.4. The molecule has 1 amide bonds. The fraction of sp³-hybridized carbons (Fsp3) is 0.667. The summed E-state index contributed by atoms with van der Waals surface area (Å²) in [5.74, 6) is 0.220. The first-order valence-electron chi connectivity index (χ1n) is 7.39. The van der Waals surface area contributed by atoms with Crippen LogP contribution in [-0.4, -0.2) is 59.5 Å². The van der Waals surface area contributed by atoms with Crippen LogP contribution in [0.2, 0.25) is 0 Å². The van der Waals surface area contributed by atoms with Gasteiger partial charge in [0.15, 0.2) is 0 Å². The summed E-state index contributed by atoms with van der Waals surface area (Å²) in [5.41, 5.74) is 1.23. The van der Waals surface area contributed by atoms with E-state index in [1.54, 1.807) is 0 Å². The molecule has 0 saturated carbocycles. The smallest absolute Gasteiger partial charge is 0.242 e. The van der Waals surface area contributed by atoms with Crippen molar-refractivity contribution >= 4 is 5.91 Å². The summed E-state index contributed by atoms with van der Waals surface area (Å²) < 4.78 is 1.98. The molecule has 0 radical (unpaired) electrons. The van der Waals surface area contributed by atoms with E-state index in [0.29, 0.717) is 12.6 Å². The van der Waals surface area contributed by atoms with Crippen LogP contribution in [0.15, 0.2) is 18.5 Å². The highest BCUT2D eigenvalue weighted by atomic mass is 16.2. The van der Waals surface area contributed by atoms with Gasteiger partial charge >= 0.3 is 0 Å². The Hall–Kier alpha value is -1.33. The normalized spacial score (nSPS) is 16.9. The lowest BCUT2D eigenvalue weighted by molar-refractivity contribution is -0.133. The van der Waals surface area contributed by atoms with Crippen molar-refractivity contribution in [1.29, 1.82) is 0 Å². The van der Waals surface area contributed by atoms with Crippen molar-refractivity contribution in [1.82, 2.24) is 19.7 Å². The number of rotatable bonds is 5. The van der Waals surface area contributed by atoms with Gasteiger partial charge < -0.3 is 19.7 Å². The molecule has 0 unspecified atom stereocenters. The van der Waals surface area contributed by atoms with Gasteiger partial charge in [-0.05, 0) is 18.7 Å². The molecule has 0 aliphatic carbocycles. The molecule has 0 spiro atoms. The number of nitrogens with one attached hydrogen (secondary N) is 1. The molecule has 112 valence electrons. The van der Waals surface area contributed by atoms with Crippen molar-refractivity contribution in [2.24, 2.45) is 0 Å². The first-order chi connectivity index (χ1) is 9.54. The van der Waals surface area contributed by atoms with E-state index in [4.69, 9.17) is 0 Å². The molecule has 2 rings (SSSR count). The average molecular weight is 278 g/mol. The van der Waals surface area contributed by atoms with E-state index in [2.05, 4.69) is 43.4 Å². The molecule has 5 nitrogen and oxygen atoms in total. The third-order valence-corrected chi connectivity index (χ3v) is 3.70. The number of aromatic nitrogens is 1. The summed E-state index contributed by atoms with van der Waals surface area (Å²) >= 11 is 0. The average Bonchev–Trinajstić information content (AvgIpc) is 2.84. The topological polar surface area (TPSA) is 40.5 Å². The van der Waals surface area contributed by atoms with Crippen molar-refractivity contribution in [3.63, 3.8) is 0 Å². The van der Waals surface area contributed by atoms with Crippen molar-refractivity contribution in [2.75, 3.05) is 33.2 Å². The maximum atomic E-state index is 12.2. The molecule has 1 saturated heterocycles. The van der Waals surface area contributed by atoms with Gasteiger partial charge in [-0.25, -0.2) is 0 Å². The minimum Gasteiger partial charge on any atom is -0.345 e. The van der Waals surface area contributed by atoms with Gasteiger partial charge in [-0.3, -0.25) is 4.79 Å². The monoisotopic (exact) mass is 278 g/mol. The Labute approximate surface area is 121 Å². The summed E-state index contributed by atoms with van der Waals surface area (Å²) in [6.45, 7) is 9.21. The van der Waals surface area contributed by atoms with Gasteiger partial charge in [0.25, 0.3) is 0 Å². The molecular weight excluding hydrogens is 252 g/mol. The van der Waals surface area contributed by atoms with E-state index in [0.717, 1.165) is 32.7 Å². The second-order valence-electron chi connectivity index (χ2n) is 5.91. The molecule has 20 heavy (non-hydrogen) atoms. The second-order valence-corrected chi connectivity index (χ2v) is 5.91. The zero-order chi connectivity index (χ0) is 14.5. The number of amides is 1. The van der Waals surface area contributed by atoms with Crippen LogP contribution in [-0.2, 0) is 17.9 Å². The van der Waals surface area contributed by atoms with E-state index >= 15 is 0 Å². The van der Waals surface area contributed by atoms with Crippen molar-refractivity contribution in [3.05, 3.63) is 24.0 Å². The Morgan fingerprint density at radius 3 is 2.65 bits per heavy atom. The van der Waals surface area contributed by atoms with Gasteiger partial charge in [-0.1, -0.05) is 13.8 Å². The fourth-order valence-electron chi connectivity index (χ4n) is 2.33. The third kappa shape index (κ3) is 4.35. The fourth-order valence-corrected chi connectivity index (χ4v) is 2.33. The molecule has 1 aromatic heterocycles. The highest BCUT2D eigenvalue weighted by molar-refractivity contribution is 5.76. The van der Waals surface area contributed by atoms with Gasteiger partial charge in [-0.2, -0.15) is 0 Å². The van der Waals surface area contributed by atoms with Crippen molar-refractivity contribution in [3.8, 4) is 0 Å². The molecule has 0 atom stereocenters. The number of hydrogen-bond donors (Lipinski definition) is 1. The van der Waals surface area contributed by atoms with Crippen molar-refractivity contribution < 1.29 is 4.79 Å². The first-order valence-corrected chi connectivity index (χ1v) is 7.39. The molecular formula is C15H26N4O. The highest BCUT2D eigenvalue weighted by Crippen LogP contribution is 2.05. The van der Waals surface area contributed by atoms with E-state index in [1.807, 2.05) is 15.7 Å². The maximum Gasteiger partial charge on any atom is 0.242 e. The van der Waals surface area contributed by atoms with Crippen LogP contribution < -0.4 is 5.32 Å². The van der Waals surface area contributed by atoms with Crippen LogP contribution in [0.1, 0.15) is 19.4 Å². The molecule has 0 bridgehead atoms. The highest BCUT2D eigenvalue weighted by Gasteiger charge is 2.18. The van der Waals surface area contributed by atoms with E-state index < -0.39 is 0 Å². The Kier molecular flexibility index (Phi) is 5.20. The number of likely N-dealkylation sites (N-methyl/N-ethyl adjacent to an activating group) is 1. The van der Waals surface area contributed by atoms with Gasteiger partial charge in [0, 0.05) is 51.2 Å². The molecule has 1 aliphatic heterocycles. The molecule has 5 heteroatoms.